The van der Waals surface area contributed by atoms with E-state index < -0.39 is 0 Å². The average molecular weight is 310 g/mol. The Kier molecular flexibility index (Phi) is 5.03. The number of carbonyl (C=O) groups excluding carboxylic acids is 1. The number of morpholine rings is 1. The van der Waals surface area contributed by atoms with Crippen LogP contribution in [0.25, 0.3) is 0 Å². The van der Waals surface area contributed by atoms with Gasteiger partial charge in [-0.3, -0.25) is 9.78 Å². The van der Waals surface area contributed by atoms with Crippen LogP contribution in [0.15, 0.2) is 54.7 Å². The molecule has 1 aliphatic rings. The van der Waals surface area contributed by atoms with E-state index in [0.717, 1.165) is 11.3 Å². The molecule has 23 heavy (non-hydrogen) atoms. The van der Waals surface area contributed by atoms with Crippen molar-refractivity contribution in [1.82, 2.24) is 9.88 Å². The topological polar surface area (TPSA) is 42.4 Å². The van der Waals surface area contributed by atoms with Gasteiger partial charge >= 0.3 is 0 Å². The number of benzene rings is 1. The molecule has 0 aliphatic carbocycles. The molecular formula is C19H22N2O2. The minimum absolute atomic E-state index is 0.0963. The van der Waals surface area contributed by atoms with Gasteiger partial charge in [0.2, 0.25) is 5.91 Å². The molecule has 0 N–H and O–H groups in total. The molecule has 2 heterocycles. The van der Waals surface area contributed by atoms with Gasteiger partial charge in [0, 0.05) is 31.4 Å². The van der Waals surface area contributed by atoms with Crippen molar-refractivity contribution in [3.8, 4) is 0 Å². The molecule has 0 bridgehead atoms. The molecule has 2 unspecified atom stereocenters. The van der Waals surface area contributed by atoms with E-state index in [-0.39, 0.29) is 17.9 Å². The number of amides is 1. The number of hydrogen-bond donors (Lipinski definition) is 0. The predicted octanol–water partition coefficient (Wildman–Crippen LogP) is 2.66. The lowest BCUT2D eigenvalue weighted by Crippen LogP contribution is -2.46. The van der Waals surface area contributed by atoms with Crippen LogP contribution in [-0.4, -0.2) is 41.6 Å². The van der Waals surface area contributed by atoms with Gasteiger partial charge in [0.15, 0.2) is 0 Å². The van der Waals surface area contributed by atoms with Gasteiger partial charge in [-0.2, -0.15) is 0 Å². The lowest BCUT2D eigenvalue weighted by Gasteiger charge is -2.33. The van der Waals surface area contributed by atoms with E-state index in [1.807, 2.05) is 60.4 Å². The molecule has 1 amide bonds. The molecular weight excluding hydrogens is 288 g/mol. The van der Waals surface area contributed by atoms with Crippen LogP contribution in [0.5, 0.6) is 0 Å². The van der Waals surface area contributed by atoms with Crippen LogP contribution in [0, 0.1) is 0 Å². The highest BCUT2D eigenvalue weighted by Crippen LogP contribution is 2.24. The minimum atomic E-state index is -0.198. The van der Waals surface area contributed by atoms with Crippen LogP contribution < -0.4 is 0 Å². The first-order valence-electron chi connectivity index (χ1n) is 8.09. The van der Waals surface area contributed by atoms with E-state index >= 15 is 0 Å². The highest BCUT2D eigenvalue weighted by atomic mass is 16.5. The first-order chi connectivity index (χ1) is 11.2. The quantitative estimate of drug-likeness (QED) is 0.872. The first kappa shape index (κ1) is 15.7. The molecule has 1 fully saturated rings. The van der Waals surface area contributed by atoms with E-state index in [1.165, 1.54) is 0 Å². The Morgan fingerprint density at radius 2 is 2.04 bits per heavy atom. The molecule has 4 heteroatoms. The number of rotatable bonds is 4. The average Bonchev–Trinajstić information content (AvgIpc) is 2.61. The van der Waals surface area contributed by atoms with Crippen molar-refractivity contribution in [2.75, 3.05) is 19.7 Å². The Balaban J connectivity index is 1.84. The van der Waals surface area contributed by atoms with Gasteiger partial charge in [-0.15, -0.1) is 0 Å². The standard InChI is InChI=1S/C19H22N2O2/c1-15-14-21(11-12-23-15)19(22)18(16-7-3-2-4-8-16)13-17-9-5-6-10-20-17/h2-10,15,18H,11-14H2,1H3. The van der Waals surface area contributed by atoms with Crippen molar-refractivity contribution in [3.05, 3.63) is 66.0 Å². The molecule has 1 aromatic heterocycles. The Morgan fingerprint density at radius 1 is 1.26 bits per heavy atom. The lowest BCUT2D eigenvalue weighted by atomic mass is 9.92. The molecule has 1 saturated heterocycles. The fraction of sp³-hybridized carbons (Fsp3) is 0.368. The Labute approximate surface area is 137 Å². The van der Waals surface area contributed by atoms with Gasteiger partial charge < -0.3 is 9.64 Å². The van der Waals surface area contributed by atoms with E-state index in [9.17, 15) is 4.79 Å². The third-order valence-electron chi connectivity index (χ3n) is 4.19. The summed E-state index contributed by atoms with van der Waals surface area (Å²) in [6.07, 6.45) is 2.49. The van der Waals surface area contributed by atoms with Crippen molar-refractivity contribution in [3.63, 3.8) is 0 Å². The van der Waals surface area contributed by atoms with Crippen LogP contribution in [0.1, 0.15) is 24.1 Å². The number of carbonyl (C=O) groups is 1. The molecule has 120 valence electrons. The van der Waals surface area contributed by atoms with E-state index in [0.29, 0.717) is 26.1 Å². The number of nitrogens with zero attached hydrogens (tertiary/aromatic N) is 2. The molecule has 1 aliphatic heterocycles. The minimum Gasteiger partial charge on any atom is -0.375 e. The fourth-order valence-corrected chi connectivity index (χ4v) is 3.00. The van der Waals surface area contributed by atoms with Crippen molar-refractivity contribution in [2.24, 2.45) is 0 Å². The maximum Gasteiger partial charge on any atom is 0.230 e. The molecule has 4 nitrogen and oxygen atoms in total. The van der Waals surface area contributed by atoms with Crippen molar-refractivity contribution in [1.29, 1.82) is 0 Å². The van der Waals surface area contributed by atoms with Crippen LogP contribution in [0.4, 0.5) is 0 Å². The monoisotopic (exact) mass is 310 g/mol. The van der Waals surface area contributed by atoms with E-state index in [2.05, 4.69) is 4.98 Å². The maximum atomic E-state index is 13.1. The van der Waals surface area contributed by atoms with Gasteiger partial charge in [-0.1, -0.05) is 36.4 Å². The van der Waals surface area contributed by atoms with Gasteiger partial charge in [0.25, 0.3) is 0 Å². The lowest BCUT2D eigenvalue weighted by molar-refractivity contribution is -0.139. The van der Waals surface area contributed by atoms with Gasteiger partial charge in [-0.05, 0) is 24.6 Å². The summed E-state index contributed by atoms with van der Waals surface area (Å²) in [5.74, 6) is -0.0339. The van der Waals surface area contributed by atoms with Crippen LogP contribution in [-0.2, 0) is 16.0 Å². The second-order valence-corrected chi connectivity index (χ2v) is 5.95. The normalized spacial score (nSPS) is 19.3. The summed E-state index contributed by atoms with van der Waals surface area (Å²) in [5, 5.41) is 0. The number of pyridine rings is 1. The Hall–Kier alpha value is -2.20. The molecule has 2 aromatic rings. The van der Waals surface area contributed by atoms with Gasteiger partial charge in [0.05, 0.1) is 18.6 Å². The van der Waals surface area contributed by atoms with Crippen LogP contribution in [0.3, 0.4) is 0 Å². The highest BCUT2D eigenvalue weighted by molar-refractivity contribution is 5.84. The zero-order chi connectivity index (χ0) is 16.1. The van der Waals surface area contributed by atoms with Crippen molar-refractivity contribution in [2.45, 2.75) is 25.4 Å². The zero-order valence-corrected chi connectivity index (χ0v) is 13.4. The van der Waals surface area contributed by atoms with Gasteiger partial charge in [0.1, 0.15) is 0 Å². The van der Waals surface area contributed by atoms with E-state index in [4.69, 9.17) is 4.74 Å². The molecule has 2 atom stereocenters. The highest BCUT2D eigenvalue weighted by Gasteiger charge is 2.29. The second kappa shape index (κ2) is 7.38. The molecule has 0 radical (unpaired) electrons. The van der Waals surface area contributed by atoms with Crippen LogP contribution in [0.2, 0.25) is 0 Å². The summed E-state index contributed by atoms with van der Waals surface area (Å²) < 4.78 is 5.56. The van der Waals surface area contributed by atoms with Crippen molar-refractivity contribution >= 4 is 5.91 Å². The zero-order valence-electron chi connectivity index (χ0n) is 13.4. The molecule has 0 spiro atoms. The maximum absolute atomic E-state index is 13.1. The number of ether oxygens (including phenoxy) is 1. The smallest absolute Gasteiger partial charge is 0.230 e. The first-order valence-corrected chi connectivity index (χ1v) is 8.09. The summed E-state index contributed by atoms with van der Waals surface area (Å²) in [7, 11) is 0. The Morgan fingerprint density at radius 3 is 2.74 bits per heavy atom. The molecule has 0 saturated carbocycles. The molecule has 1 aromatic carbocycles. The predicted molar refractivity (Wildman–Crippen MR) is 89.1 cm³/mol. The van der Waals surface area contributed by atoms with Crippen LogP contribution >= 0.6 is 0 Å². The van der Waals surface area contributed by atoms with E-state index in [1.54, 1.807) is 6.20 Å². The summed E-state index contributed by atoms with van der Waals surface area (Å²) >= 11 is 0. The fourth-order valence-electron chi connectivity index (χ4n) is 3.00. The Bertz CT molecular complexity index is 630. The van der Waals surface area contributed by atoms with Gasteiger partial charge in [-0.25, -0.2) is 0 Å². The largest absolute Gasteiger partial charge is 0.375 e. The molecule has 3 rings (SSSR count). The number of hydrogen-bond acceptors (Lipinski definition) is 3. The second-order valence-electron chi connectivity index (χ2n) is 5.95. The SMILES string of the molecule is CC1CN(C(=O)C(Cc2ccccn2)c2ccccc2)CCO1. The third kappa shape index (κ3) is 3.96. The number of aromatic nitrogens is 1. The summed E-state index contributed by atoms with van der Waals surface area (Å²) in [6, 6.07) is 15.8. The third-order valence-corrected chi connectivity index (χ3v) is 4.19. The summed E-state index contributed by atoms with van der Waals surface area (Å²) in [6.45, 7) is 3.94. The summed E-state index contributed by atoms with van der Waals surface area (Å²) in [5.41, 5.74) is 1.98. The van der Waals surface area contributed by atoms with Crippen molar-refractivity contribution < 1.29 is 9.53 Å². The summed E-state index contributed by atoms with van der Waals surface area (Å²) in [4.78, 5) is 19.4.